The molecule has 6 rings (SSSR count). The molecule has 0 saturated carbocycles. The van der Waals surface area contributed by atoms with Gasteiger partial charge in [-0.25, -0.2) is 0 Å². The van der Waals surface area contributed by atoms with E-state index in [9.17, 15) is 0 Å². The van der Waals surface area contributed by atoms with Crippen LogP contribution in [0.1, 0.15) is 165 Å². The first kappa shape index (κ1) is 44.8. The molecule has 2 amide bonds. The highest BCUT2D eigenvalue weighted by molar-refractivity contribution is 7.22. The van der Waals surface area contributed by atoms with E-state index in [1.165, 1.54) is 82.0 Å². The van der Waals surface area contributed by atoms with E-state index >= 15 is 9.59 Å². The molecule has 0 aromatic carbocycles. The zero-order chi connectivity index (χ0) is 41.0. The van der Waals surface area contributed by atoms with Crippen molar-refractivity contribution in [3.63, 3.8) is 0 Å². The number of aryl methyl sites for hydroxylation is 2. The van der Waals surface area contributed by atoms with Gasteiger partial charge in [-0.1, -0.05) is 119 Å². The van der Waals surface area contributed by atoms with Crippen LogP contribution in [0.2, 0.25) is 0 Å². The summed E-state index contributed by atoms with van der Waals surface area (Å²) in [5.74, 6) is 0.770. The van der Waals surface area contributed by atoms with Crippen LogP contribution in [0.25, 0.3) is 30.9 Å². The molecule has 0 aliphatic carbocycles. The average molecular weight is 857 g/mol. The summed E-state index contributed by atoms with van der Waals surface area (Å²) in [6.07, 6.45) is 21.1. The van der Waals surface area contributed by atoms with Crippen LogP contribution in [0.4, 0.5) is 0 Å². The molecule has 0 fully saturated rings. The summed E-state index contributed by atoms with van der Waals surface area (Å²) >= 11 is 7.13. The van der Waals surface area contributed by atoms with Gasteiger partial charge in [-0.05, 0) is 109 Å². The minimum atomic E-state index is 0.00767. The number of rotatable bonds is 26. The number of thiophene rings is 4. The zero-order valence-electron chi connectivity index (χ0n) is 36.3. The second-order valence-electron chi connectivity index (χ2n) is 16.7. The fraction of sp³-hybridized carbons (Fsp3) is 0.560. The van der Waals surface area contributed by atoms with Crippen LogP contribution < -0.4 is 0 Å². The molecular formula is C50H68N2O2S4. The normalized spacial score (nSPS) is 15.5. The highest BCUT2D eigenvalue weighted by Gasteiger charge is 2.50. The van der Waals surface area contributed by atoms with Crippen LogP contribution in [0.15, 0.2) is 58.3 Å². The lowest BCUT2D eigenvalue weighted by Gasteiger charge is -2.29. The van der Waals surface area contributed by atoms with Crippen molar-refractivity contribution in [2.24, 2.45) is 11.8 Å². The summed E-state index contributed by atoms with van der Waals surface area (Å²) < 4.78 is 0. The van der Waals surface area contributed by atoms with E-state index in [1.54, 1.807) is 22.7 Å². The van der Waals surface area contributed by atoms with Crippen LogP contribution in [0.3, 0.4) is 0 Å². The lowest BCUT2D eigenvalue weighted by molar-refractivity contribution is -0.124. The molecule has 6 heterocycles. The Bertz CT molecular complexity index is 1860. The van der Waals surface area contributed by atoms with E-state index in [2.05, 4.69) is 88.7 Å². The number of hydrogen-bond acceptors (Lipinski definition) is 6. The van der Waals surface area contributed by atoms with E-state index in [4.69, 9.17) is 0 Å². The third-order valence-electron chi connectivity index (χ3n) is 12.3. The summed E-state index contributed by atoms with van der Waals surface area (Å²) in [7, 11) is 0. The van der Waals surface area contributed by atoms with E-state index in [-0.39, 0.29) is 11.8 Å². The highest BCUT2D eigenvalue weighted by atomic mass is 32.1. The van der Waals surface area contributed by atoms with Gasteiger partial charge in [0, 0.05) is 32.6 Å². The minimum absolute atomic E-state index is 0.00767. The second-order valence-corrected chi connectivity index (χ2v) is 20.7. The summed E-state index contributed by atoms with van der Waals surface area (Å²) in [6.45, 7) is 14.8. The molecule has 2 aliphatic rings. The predicted molar refractivity (Wildman–Crippen MR) is 255 cm³/mol. The summed E-state index contributed by atoms with van der Waals surface area (Å²) in [5.41, 5.74) is 5.78. The van der Waals surface area contributed by atoms with Crippen molar-refractivity contribution in [3.8, 4) is 19.5 Å². The van der Waals surface area contributed by atoms with Crippen molar-refractivity contribution < 1.29 is 9.59 Å². The van der Waals surface area contributed by atoms with Crippen LogP contribution >= 0.6 is 45.3 Å². The number of hydrogen-bond donors (Lipinski definition) is 0. The second kappa shape index (κ2) is 22.2. The quantitative estimate of drug-likeness (QED) is 0.0590. The number of carbonyl (C=O) groups excluding carboxylic acids is 2. The van der Waals surface area contributed by atoms with Gasteiger partial charge in [0.15, 0.2) is 0 Å². The molecule has 2 unspecified atom stereocenters. The van der Waals surface area contributed by atoms with Gasteiger partial charge >= 0.3 is 0 Å². The van der Waals surface area contributed by atoms with Crippen LogP contribution in [0.5, 0.6) is 0 Å². The lowest BCUT2D eigenvalue weighted by Crippen LogP contribution is -2.34. The highest BCUT2D eigenvalue weighted by Crippen LogP contribution is 2.51. The molecule has 0 radical (unpaired) electrons. The molecule has 2 aliphatic heterocycles. The smallest absolute Gasteiger partial charge is 0.261 e. The Kier molecular flexibility index (Phi) is 17.1. The molecule has 4 nitrogen and oxygen atoms in total. The molecule has 0 N–H and O–H groups in total. The third-order valence-corrected chi connectivity index (χ3v) is 16.8. The van der Waals surface area contributed by atoms with Crippen molar-refractivity contribution in [2.45, 2.75) is 157 Å². The standard InChI is InChI=1S/C50H68N2O2S4/c1-7-13-17-19-23-37-29-43(55-33-37)39-25-27-41(57-39)47-45-46(50(54)51(47)31-35(11-5)21-15-9-3)48(52(49(45)53)32-36(12-6)22-16-10-4)42-28-26-40(58-42)44-30-38(34-56-44)24-20-18-14-8-2/h25-30,33-36H,7-24,31-32H2,1-6H3. The van der Waals surface area contributed by atoms with Gasteiger partial charge in [-0.2, -0.15) is 0 Å². The average Bonchev–Trinajstić information content (AvgIpc) is 4.10. The van der Waals surface area contributed by atoms with Crippen LogP contribution in [0, 0.1) is 11.8 Å². The first-order valence-electron chi connectivity index (χ1n) is 22.8. The molecule has 0 spiro atoms. The number of fused-ring (bicyclic) bond motifs is 1. The van der Waals surface area contributed by atoms with E-state index < -0.39 is 0 Å². The Morgan fingerprint density at radius 3 is 1.26 bits per heavy atom. The molecule has 2 atom stereocenters. The van der Waals surface area contributed by atoms with Gasteiger partial charge in [0.05, 0.1) is 32.3 Å². The topological polar surface area (TPSA) is 40.6 Å². The fourth-order valence-electron chi connectivity index (χ4n) is 8.59. The van der Waals surface area contributed by atoms with E-state index in [0.717, 1.165) is 85.4 Å². The van der Waals surface area contributed by atoms with Crippen LogP contribution in [-0.4, -0.2) is 34.7 Å². The first-order chi connectivity index (χ1) is 28.3. The van der Waals surface area contributed by atoms with Crippen molar-refractivity contribution >= 4 is 68.6 Å². The van der Waals surface area contributed by atoms with E-state index in [0.29, 0.717) is 36.1 Å². The summed E-state index contributed by atoms with van der Waals surface area (Å²) in [4.78, 5) is 41.5. The van der Waals surface area contributed by atoms with E-state index in [1.807, 2.05) is 32.5 Å². The maximum Gasteiger partial charge on any atom is 0.261 e. The maximum absolute atomic E-state index is 15.2. The van der Waals surface area contributed by atoms with Gasteiger partial charge in [0.25, 0.3) is 11.8 Å². The first-order valence-corrected chi connectivity index (χ1v) is 26.2. The van der Waals surface area contributed by atoms with Gasteiger partial charge in [0.1, 0.15) is 0 Å². The van der Waals surface area contributed by atoms with Crippen molar-refractivity contribution in [2.75, 3.05) is 13.1 Å². The molecular weight excluding hydrogens is 789 g/mol. The number of nitrogens with zero attached hydrogens (tertiary/aromatic N) is 2. The SMILES string of the molecule is CCCCCCc1csc(-c2ccc(C3=C4C(=O)N(CC(CC)CCCC)C(c5ccc(-c6cc(CCCCCC)cs6)s5)=C4C(=O)N3CC(CC)CCCC)s2)c1. The summed E-state index contributed by atoms with van der Waals surface area (Å²) in [5, 5.41) is 4.64. The molecule has 4 aromatic rings. The molecule has 4 aromatic heterocycles. The predicted octanol–water partition coefficient (Wildman–Crippen LogP) is 15.8. The maximum atomic E-state index is 15.2. The molecule has 0 bridgehead atoms. The molecule has 58 heavy (non-hydrogen) atoms. The third kappa shape index (κ3) is 10.6. The van der Waals surface area contributed by atoms with Gasteiger partial charge < -0.3 is 9.80 Å². The monoisotopic (exact) mass is 856 g/mol. The largest absolute Gasteiger partial charge is 0.306 e. The van der Waals surface area contributed by atoms with Crippen LogP contribution in [-0.2, 0) is 22.4 Å². The molecule has 314 valence electrons. The molecule has 8 heteroatoms. The number of amides is 2. The Morgan fingerprint density at radius 1 is 0.483 bits per heavy atom. The number of carbonyl (C=O) groups is 2. The van der Waals surface area contributed by atoms with Crippen molar-refractivity contribution in [1.82, 2.24) is 9.80 Å². The number of unbranched alkanes of at least 4 members (excludes halogenated alkanes) is 8. The van der Waals surface area contributed by atoms with Crippen molar-refractivity contribution in [1.29, 1.82) is 0 Å². The Hall–Kier alpha value is -2.78. The van der Waals surface area contributed by atoms with Crippen molar-refractivity contribution in [3.05, 3.63) is 79.2 Å². The zero-order valence-corrected chi connectivity index (χ0v) is 39.5. The van der Waals surface area contributed by atoms with Gasteiger partial charge in [0.2, 0.25) is 0 Å². The van der Waals surface area contributed by atoms with Gasteiger partial charge in [-0.15, -0.1) is 45.3 Å². The Balaban J connectivity index is 1.42. The minimum Gasteiger partial charge on any atom is -0.306 e. The Morgan fingerprint density at radius 2 is 0.879 bits per heavy atom. The van der Waals surface area contributed by atoms with Gasteiger partial charge in [-0.3, -0.25) is 9.59 Å². The fourth-order valence-corrected chi connectivity index (χ4v) is 12.8. The summed E-state index contributed by atoms with van der Waals surface area (Å²) in [6, 6.07) is 13.5. The lowest BCUT2D eigenvalue weighted by atomic mass is 9.98. The molecule has 0 saturated heterocycles. The Labute approximate surface area is 366 Å².